The van der Waals surface area contributed by atoms with Gasteiger partial charge in [-0.05, 0) is 99.4 Å². The SMILES string of the molecule is CC(=O)[C@]1(O)CC[C@@]2(C)[C@H](CC[C@@H]3[C@@H]2CC[C@]2(C)[C@@H](C4=CC(=O)OC4)CC[C@]32O)C1. The van der Waals surface area contributed by atoms with Gasteiger partial charge in [-0.1, -0.05) is 13.8 Å². The standard InChI is InChI=1S/C25H36O5/c1-15(26)24(28)11-10-22(2)17(13-24)4-5-20-19(22)6-8-23(3)18(7-9-25(20,23)29)16-12-21(27)30-14-16/h12,17-20,28-29H,4-11,13-14H2,1-3H3/t17-,18-,19+,20-,22+,23-,24+,25+/m1/s1. The highest BCUT2D eigenvalue weighted by molar-refractivity contribution is 5.85. The molecule has 0 saturated heterocycles. The van der Waals surface area contributed by atoms with Gasteiger partial charge in [0, 0.05) is 11.5 Å². The molecule has 0 aromatic carbocycles. The fourth-order valence-corrected chi connectivity index (χ4v) is 8.72. The highest BCUT2D eigenvalue weighted by atomic mass is 16.5. The number of Topliss-reactive ketones (excluding diaryl/α,β-unsaturated/α-hetero) is 1. The summed E-state index contributed by atoms with van der Waals surface area (Å²) in [6.07, 6.45) is 9.33. The fraction of sp³-hybridized carbons (Fsp3) is 0.840. The molecule has 0 spiro atoms. The Bertz CT molecular complexity index is 818. The van der Waals surface area contributed by atoms with Crippen LogP contribution in [0.4, 0.5) is 0 Å². The summed E-state index contributed by atoms with van der Waals surface area (Å²) >= 11 is 0. The third-order valence-corrected chi connectivity index (χ3v) is 10.7. The average Bonchev–Trinajstić information content (AvgIpc) is 3.23. The molecule has 0 aromatic rings. The van der Waals surface area contributed by atoms with Crippen LogP contribution in [0.25, 0.3) is 0 Å². The zero-order valence-electron chi connectivity index (χ0n) is 18.6. The zero-order valence-corrected chi connectivity index (χ0v) is 18.6. The number of ether oxygens (including phenoxy) is 1. The number of ketones is 1. The number of hydrogen-bond acceptors (Lipinski definition) is 5. The van der Waals surface area contributed by atoms with Crippen LogP contribution in [0.15, 0.2) is 11.6 Å². The minimum atomic E-state index is -1.16. The second kappa shape index (κ2) is 6.41. The summed E-state index contributed by atoms with van der Waals surface area (Å²) in [4.78, 5) is 23.8. The predicted octanol–water partition coefficient (Wildman–Crippen LogP) is 3.56. The van der Waals surface area contributed by atoms with Crippen LogP contribution in [0.3, 0.4) is 0 Å². The van der Waals surface area contributed by atoms with Crippen molar-refractivity contribution in [2.45, 2.75) is 89.8 Å². The minimum Gasteiger partial charge on any atom is -0.458 e. The molecule has 166 valence electrons. The molecule has 4 aliphatic carbocycles. The third-order valence-electron chi connectivity index (χ3n) is 10.7. The summed E-state index contributed by atoms with van der Waals surface area (Å²) in [5.41, 5.74) is -0.940. The smallest absolute Gasteiger partial charge is 0.331 e. The van der Waals surface area contributed by atoms with Crippen LogP contribution in [-0.2, 0) is 14.3 Å². The second-order valence-corrected chi connectivity index (χ2v) is 11.6. The van der Waals surface area contributed by atoms with Crippen LogP contribution in [0.1, 0.15) is 78.6 Å². The van der Waals surface area contributed by atoms with Crippen molar-refractivity contribution in [2.75, 3.05) is 6.61 Å². The van der Waals surface area contributed by atoms with E-state index >= 15 is 0 Å². The quantitative estimate of drug-likeness (QED) is 0.673. The van der Waals surface area contributed by atoms with Gasteiger partial charge in [-0.2, -0.15) is 0 Å². The first-order chi connectivity index (χ1) is 14.0. The first-order valence-corrected chi connectivity index (χ1v) is 11.9. The normalized spacial score (nSPS) is 52.7. The lowest BCUT2D eigenvalue weighted by Gasteiger charge is -2.64. The summed E-state index contributed by atoms with van der Waals surface area (Å²) in [5, 5.41) is 23.1. The van der Waals surface area contributed by atoms with Crippen molar-refractivity contribution in [2.24, 2.45) is 34.5 Å². The molecule has 1 heterocycles. The molecular formula is C25H36O5. The lowest BCUT2D eigenvalue weighted by atomic mass is 9.42. The Morgan fingerprint density at radius 2 is 1.80 bits per heavy atom. The van der Waals surface area contributed by atoms with Crippen molar-refractivity contribution >= 4 is 11.8 Å². The van der Waals surface area contributed by atoms with Crippen molar-refractivity contribution in [3.63, 3.8) is 0 Å². The van der Waals surface area contributed by atoms with E-state index in [0.717, 1.165) is 50.5 Å². The van der Waals surface area contributed by atoms with E-state index < -0.39 is 11.2 Å². The topological polar surface area (TPSA) is 83.8 Å². The summed E-state index contributed by atoms with van der Waals surface area (Å²) in [6.45, 7) is 6.51. The van der Waals surface area contributed by atoms with E-state index in [9.17, 15) is 19.8 Å². The lowest BCUT2D eigenvalue weighted by Crippen LogP contribution is -2.63. The van der Waals surface area contributed by atoms with Gasteiger partial charge in [0.25, 0.3) is 0 Å². The Morgan fingerprint density at radius 1 is 1.03 bits per heavy atom. The number of hydrogen-bond donors (Lipinski definition) is 2. The Balaban J connectivity index is 1.44. The Kier molecular flexibility index (Phi) is 4.42. The molecule has 4 fully saturated rings. The largest absolute Gasteiger partial charge is 0.458 e. The molecule has 8 atom stereocenters. The van der Waals surface area contributed by atoms with Crippen molar-refractivity contribution < 1.29 is 24.5 Å². The number of carbonyl (C=O) groups excluding carboxylic acids is 2. The van der Waals surface area contributed by atoms with Crippen LogP contribution < -0.4 is 0 Å². The lowest BCUT2D eigenvalue weighted by molar-refractivity contribution is -0.214. The summed E-state index contributed by atoms with van der Waals surface area (Å²) in [5.74, 6) is 0.905. The van der Waals surface area contributed by atoms with Crippen molar-refractivity contribution in [1.29, 1.82) is 0 Å². The van der Waals surface area contributed by atoms with Crippen molar-refractivity contribution in [1.82, 2.24) is 0 Å². The minimum absolute atomic E-state index is 0.0748. The van der Waals surface area contributed by atoms with Gasteiger partial charge in [-0.3, -0.25) is 4.79 Å². The number of rotatable bonds is 2. The van der Waals surface area contributed by atoms with Crippen LogP contribution >= 0.6 is 0 Å². The van der Waals surface area contributed by atoms with Gasteiger partial charge >= 0.3 is 5.97 Å². The molecular weight excluding hydrogens is 380 g/mol. The zero-order chi connectivity index (χ0) is 21.5. The van der Waals surface area contributed by atoms with Crippen molar-refractivity contribution in [3.05, 3.63) is 11.6 Å². The van der Waals surface area contributed by atoms with Gasteiger partial charge in [0.1, 0.15) is 12.2 Å². The highest BCUT2D eigenvalue weighted by Gasteiger charge is 2.68. The number of cyclic esters (lactones) is 1. The fourth-order valence-electron chi connectivity index (χ4n) is 8.72. The molecule has 1 aliphatic heterocycles. The predicted molar refractivity (Wildman–Crippen MR) is 111 cm³/mol. The molecule has 0 aromatic heterocycles. The first-order valence-electron chi connectivity index (χ1n) is 11.9. The van der Waals surface area contributed by atoms with E-state index in [1.165, 1.54) is 6.92 Å². The van der Waals surface area contributed by atoms with Gasteiger partial charge in [-0.25, -0.2) is 4.79 Å². The summed E-state index contributed by atoms with van der Waals surface area (Å²) in [7, 11) is 0. The van der Waals surface area contributed by atoms with Crippen LogP contribution in [0.2, 0.25) is 0 Å². The Morgan fingerprint density at radius 3 is 2.47 bits per heavy atom. The van der Waals surface area contributed by atoms with Crippen LogP contribution in [0.5, 0.6) is 0 Å². The van der Waals surface area contributed by atoms with Crippen LogP contribution in [-0.4, -0.2) is 39.8 Å². The number of fused-ring (bicyclic) bond motifs is 5. The van der Waals surface area contributed by atoms with Gasteiger partial charge in [0.15, 0.2) is 5.78 Å². The maximum Gasteiger partial charge on any atom is 0.331 e. The summed E-state index contributed by atoms with van der Waals surface area (Å²) in [6, 6.07) is 0. The van der Waals surface area contributed by atoms with E-state index in [0.29, 0.717) is 31.3 Å². The van der Waals surface area contributed by atoms with E-state index in [1.54, 1.807) is 6.08 Å². The van der Waals surface area contributed by atoms with Crippen LogP contribution in [0, 0.1) is 34.5 Å². The Hall–Kier alpha value is -1.20. The third kappa shape index (κ3) is 2.54. The molecule has 5 rings (SSSR count). The maximum absolute atomic E-state index is 12.2. The van der Waals surface area contributed by atoms with E-state index in [1.807, 2.05) is 0 Å². The first kappa shape index (κ1) is 20.7. The molecule has 0 amide bonds. The maximum atomic E-state index is 12.2. The molecule has 5 heteroatoms. The molecule has 0 bridgehead atoms. The van der Waals surface area contributed by atoms with E-state index in [2.05, 4.69) is 13.8 Å². The van der Waals surface area contributed by atoms with Crippen molar-refractivity contribution in [3.8, 4) is 0 Å². The van der Waals surface area contributed by atoms with Gasteiger partial charge in [0.05, 0.1) is 5.60 Å². The Labute approximate surface area is 179 Å². The molecule has 5 nitrogen and oxygen atoms in total. The van der Waals surface area contributed by atoms with E-state index in [-0.39, 0.29) is 34.4 Å². The summed E-state index contributed by atoms with van der Waals surface area (Å²) < 4.78 is 5.20. The molecule has 30 heavy (non-hydrogen) atoms. The highest BCUT2D eigenvalue weighted by Crippen LogP contribution is 2.70. The molecule has 4 saturated carbocycles. The number of aliphatic hydroxyl groups is 2. The van der Waals surface area contributed by atoms with Gasteiger partial charge in [0.2, 0.25) is 0 Å². The van der Waals surface area contributed by atoms with E-state index in [4.69, 9.17) is 4.74 Å². The molecule has 0 unspecified atom stereocenters. The monoisotopic (exact) mass is 416 g/mol. The number of carbonyl (C=O) groups is 2. The molecule has 0 radical (unpaired) electrons. The second-order valence-electron chi connectivity index (χ2n) is 11.6. The molecule has 2 N–H and O–H groups in total. The average molecular weight is 417 g/mol. The number of esters is 1. The van der Waals surface area contributed by atoms with Gasteiger partial charge < -0.3 is 14.9 Å². The van der Waals surface area contributed by atoms with Gasteiger partial charge in [-0.15, -0.1) is 0 Å². The molecule has 5 aliphatic rings.